The molecule has 1 aliphatic heterocycles. The SMILES string of the molecule is CCOC(=O)C1=C(C)N=C2C[C@@H](C)[C@@H](C(=O)OC)C(=O)[C@H]2[C@H]1c1ccc(OC)cc1. The Hall–Kier alpha value is -2.96. The van der Waals surface area contributed by atoms with Crippen LogP contribution in [0.1, 0.15) is 38.7 Å². The van der Waals surface area contributed by atoms with Gasteiger partial charge in [0.25, 0.3) is 0 Å². The van der Waals surface area contributed by atoms with E-state index in [0.29, 0.717) is 29.2 Å². The molecule has 1 aromatic rings. The summed E-state index contributed by atoms with van der Waals surface area (Å²) in [4.78, 5) is 43.4. The van der Waals surface area contributed by atoms with E-state index < -0.39 is 29.7 Å². The first-order chi connectivity index (χ1) is 14.3. The number of hydrogen-bond donors (Lipinski definition) is 0. The standard InChI is InChI=1S/C23H27NO6/c1-6-30-23(27)18-13(3)24-16-11-12(2)17(22(26)29-5)21(25)20(16)19(18)14-7-9-15(28-4)10-8-14/h7-10,12,17,19-20H,6,11H2,1-5H3/t12-,17-,19+,20-/m1/s1. The molecule has 0 N–H and O–H groups in total. The molecule has 1 heterocycles. The highest BCUT2D eigenvalue weighted by Crippen LogP contribution is 2.46. The first kappa shape index (κ1) is 21.7. The molecule has 0 amide bonds. The minimum absolute atomic E-state index is 0.210. The molecule has 160 valence electrons. The maximum absolute atomic E-state index is 13.5. The fourth-order valence-electron chi connectivity index (χ4n) is 4.48. The van der Waals surface area contributed by atoms with Crippen molar-refractivity contribution in [3.63, 3.8) is 0 Å². The maximum atomic E-state index is 13.5. The lowest BCUT2D eigenvalue weighted by atomic mass is 9.64. The fraction of sp³-hybridized carbons (Fsp3) is 0.478. The summed E-state index contributed by atoms with van der Waals surface area (Å²) >= 11 is 0. The first-order valence-corrected chi connectivity index (χ1v) is 10.0. The lowest BCUT2D eigenvalue weighted by molar-refractivity contribution is -0.152. The molecule has 30 heavy (non-hydrogen) atoms. The number of methoxy groups -OCH3 is 2. The molecule has 2 aliphatic rings. The molecule has 1 aliphatic carbocycles. The molecule has 3 rings (SSSR count). The number of ketones is 1. The quantitative estimate of drug-likeness (QED) is 0.544. The van der Waals surface area contributed by atoms with Crippen molar-refractivity contribution < 1.29 is 28.6 Å². The number of aliphatic imine (C=N–C) groups is 1. The van der Waals surface area contributed by atoms with E-state index in [2.05, 4.69) is 4.99 Å². The molecular weight excluding hydrogens is 386 g/mol. The maximum Gasteiger partial charge on any atom is 0.336 e. The normalized spacial score (nSPS) is 25.9. The van der Waals surface area contributed by atoms with Crippen molar-refractivity contribution in [2.24, 2.45) is 22.7 Å². The average molecular weight is 413 g/mol. The van der Waals surface area contributed by atoms with Gasteiger partial charge in [0.1, 0.15) is 11.7 Å². The Morgan fingerprint density at radius 3 is 2.37 bits per heavy atom. The zero-order chi connectivity index (χ0) is 22.0. The molecule has 7 heteroatoms. The second kappa shape index (κ2) is 8.81. The van der Waals surface area contributed by atoms with Crippen LogP contribution in [0.25, 0.3) is 0 Å². The Balaban J connectivity index is 2.16. The molecule has 0 unspecified atom stereocenters. The van der Waals surface area contributed by atoms with Crippen molar-refractivity contribution in [2.45, 2.75) is 33.1 Å². The van der Waals surface area contributed by atoms with E-state index in [9.17, 15) is 14.4 Å². The monoisotopic (exact) mass is 413 g/mol. The number of rotatable bonds is 5. The summed E-state index contributed by atoms with van der Waals surface area (Å²) in [5, 5.41) is 0. The molecule has 1 saturated carbocycles. The predicted octanol–water partition coefficient (Wildman–Crippen LogP) is 3.08. The van der Waals surface area contributed by atoms with Crippen LogP contribution in [0.5, 0.6) is 5.75 Å². The van der Waals surface area contributed by atoms with E-state index in [-0.39, 0.29) is 18.3 Å². The number of nitrogens with zero attached hydrogens (tertiary/aromatic N) is 1. The van der Waals surface area contributed by atoms with Gasteiger partial charge in [0.2, 0.25) is 0 Å². The minimum Gasteiger partial charge on any atom is -0.497 e. The van der Waals surface area contributed by atoms with Gasteiger partial charge >= 0.3 is 11.9 Å². The van der Waals surface area contributed by atoms with Crippen LogP contribution in [0.3, 0.4) is 0 Å². The van der Waals surface area contributed by atoms with E-state index in [4.69, 9.17) is 14.2 Å². The van der Waals surface area contributed by atoms with Crippen molar-refractivity contribution in [3.05, 3.63) is 41.1 Å². The van der Waals surface area contributed by atoms with Crippen LogP contribution in [0.4, 0.5) is 0 Å². The smallest absolute Gasteiger partial charge is 0.336 e. The number of carbonyl (C=O) groups is 3. The number of Topliss-reactive ketones (excluding diaryl/α,β-unsaturated/α-hetero) is 1. The molecule has 0 radical (unpaired) electrons. The number of benzene rings is 1. The topological polar surface area (TPSA) is 91.3 Å². The Kier molecular flexibility index (Phi) is 6.39. The lowest BCUT2D eigenvalue weighted by Gasteiger charge is -2.40. The van der Waals surface area contributed by atoms with Gasteiger partial charge < -0.3 is 14.2 Å². The highest BCUT2D eigenvalue weighted by molar-refractivity contribution is 6.17. The molecule has 0 saturated heterocycles. The van der Waals surface area contributed by atoms with Gasteiger partial charge in [-0.3, -0.25) is 14.6 Å². The van der Waals surface area contributed by atoms with E-state index in [0.717, 1.165) is 5.56 Å². The van der Waals surface area contributed by atoms with E-state index in [1.807, 2.05) is 19.1 Å². The van der Waals surface area contributed by atoms with Crippen LogP contribution in [0.15, 0.2) is 40.5 Å². The van der Waals surface area contributed by atoms with Crippen molar-refractivity contribution in [1.82, 2.24) is 0 Å². The molecular formula is C23H27NO6. The summed E-state index contributed by atoms with van der Waals surface area (Å²) in [6.07, 6.45) is 0.482. The fourth-order valence-corrected chi connectivity index (χ4v) is 4.48. The van der Waals surface area contributed by atoms with Crippen LogP contribution in [0, 0.1) is 17.8 Å². The van der Waals surface area contributed by atoms with Gasteiger partial charge in [-0.25, -0.2) is 4.79 Å². The summed E-state index contributed by atoms with van der Waals surface area (Å²) in [6, 6.07) is 7.23. The highest BCUT2D eigenvalue weighted by Gasteiger charge is 2.51. The average Bonchev–Trinajstić information content (AvgIpc) is 2.72. The molecule has 1 aromatic carbocycles. The molecule has 4 atom stereocenters. The summed E-state index contributed by atoms with van der Waals surface area (Å²) in [5.41, 5.74) is 2.35. The van der Waals surface area contributed by atoms with Gasteiger partial charge in [0.05, 0.1) is 32.3 Å². The van der Waals surface area contributed by atoms with Crippen LogP contribution in [-0.2, 0) is 23.9 Å². The number of fused-ring (bicyclic) bond motifs is 1. The largest absolute Gasteiger partial charge is 0.497 e. The number of carbonyl (C=O) groups excluding carboxylic acids is 3. The number of allylic oxidation sites excluding steroid dienone is 1. The Bertz CT molecular complexity index is 914. The number of hydrogen-bond acceptors (Lipinski definition) is 7. The van der Waals surface area contributed by atoms with Crippen LogP contribution in [-0.4, -0.2) is 44.3 Å². The highest BCUT2D eigenvalue weighted by atomic mass is 16.5. The summed E-state index contributed by atoms with van der Waals surface area (Å²) in [6.45, 7) is 5.55. The van der Waals surface area contributed by atoms with Crippen LogP contribution in [0.2, 0.25) is 0 Å². The third-order valence-corrected chi connectivity index (χ3v) is 5.84. The van der Waals surface area contributed by atoms with Crippen molar-refractivity contribution >= 4 is 23.4 Å². The van der Waals surface area contributed by atoms with Gasteiger partial charge in [-0.2, -0.15) is 0 Å². The van der Waals surface area contributed by atoms with Crippen molar-refractivity contribution in [2.75, 3.05) is 20.8 Å². The molecule has 0 bridgehead atoms. The Morgan fingerprint density at radius 1 is 1.13 bits per heavy atom. The van der Waals surface area contributed by atoms with Gasteiger partial charge in [-0.15, -0.1) is 0 Å². The molecule has 0 spiro atoms. The van der Waals surface area contributed by atoms with Gasteiger partial charge in [0.15, 0.2) is 5.78 Å². The molecule has 0 aromatic heterocycles. The Morgan fingerprint density at radius 2 is 1.80 bits per heavy atom. The zero-order valence-electron chi connectivity index (χ0n) is 17.9. The van der Waals surface area contributed by atoms with E-state index in [1.165, 1.54) is 7.11 Å². The van der Waals surface area contributed by atoms with Crippen LogP contribution >= 0.6 is 0 Å². The summed E-state index contributed by atoms with van der Waals surface area (Å²) in [5.74, 6) is -3.08. The molecule has 7 nitrogen and oxygen atoms in total. The van der Waals surface area contributed by atoms with Gasteiger partial charge in [0, 0.05) is 17.3 Å². The van der Waals surface area contributed by atoms with Gasteiger partial charge in [-0.1, -0.05) is 19.1 Å². The Labute approximate surface area is 176 Å². The predicted molar refractivity (Wildman–Crippen MR) is 110 cm³/mol. The van der Waals surface area contributed by atoms with Crippen molar-refractivity contribution in [3.8, 4) is 5.75 Å². The summed E-state index contributed by atoms with van der Waals surface area (Å²) < 4.78 is 15.4. The second-order valence-electron chi connectivity index (χ2n) is 7.64. The van der Waals surface area contributed by atoms with Gasteiger partial charge in [-0.05, 0) is 43.9 Å². The van der Waals surface area contributed by atoms with E-state index in [1.54, 1.807) is 33.1 Å². The zero-order valence-corrected chi connectivity index (χ0v) is 17.9. The third-order valence-electron chi connectivity index (χ3n) is 5.84. The molecule has 1 fully saturated rings. The second-order valence-corrected chi connectivity index (χ2v) is 7.64. The summed E-state index contributed by atoms with van der Waals surface area (Å²) in [7, 11) is 2.85. The number of esters is 2. The van der Waals surface area contributed by atoms with E-state index >= 15 is 0 Å². The first-order valence-electron chi connectivity index (χ1n) is 10.0. The van der Waals surface area contributed by atoms with Crippen LogP contribution < -0.4 is 4.74 Å². The van der Waals surface area contributed by atoms with Crippen molar-refractivity contribution in [1.29, 1.82) is 0 Å². The lowest BCUT2D eigenvalue weighted by Crippen LogP contribution is -2.48. The third kappa shape index (κ3) is 3.76. The number of ether oxygens (including phenoxy) is 3. The minimum atomic E-state index is -0.887.